The van der Waals surface area contributed by atoms with Crippen molar-refractivity contribution < 1.29 is 0 Å². The lowest BCUT2D eigenvalue weighted by atomic mass is 9.96. The maximum absolute atomic E-state index is 3.76. The Morgan fingerprint density at radius 1 is 1.16 bits per heavy atom. The second-order valence-corrected chi connectivity index (χ2v) is 6.75. The highest BCUT2D eigenvalue weighted by Crippen LogP contribution is 2.16. The molecule has 0 aromatic heterocycles. The molecule has 2 atom stereocenters. The number of hydrogen-bond donors (Lipinski definition) is 1. The number of rotatable bonds is 8. The SMILES string of the molecule is CCCNC(CCC(C)C)CC1CN(C)CCN1C. The van der Waals surface area contributed by atoms with Gasteiger partial charge in [0.25, 0.3) is 0 Å². The first-order valence-electron chi connectivity index (χ1n) is 8.15. The maximum atomic E-state index is 3.76. The summed E-state index contributed by atoms with van der Waals surface area (Å²) in [6.07, 6.45) is 5.20. The van der Waals surface area contributed by atoms with E-state index in [0.29, 0.717) is 6.04 Å². The van der Waals surface area contributed by atoms with Gasteiger partial charge < -0.3 is 15.1 Å². The quantitative estimate of drug-likeness (QED) is 0.730. The Kier molecular flexibility index (Phi) is 7.96. The van der Waals surface area contributed by atoms with Crippen molar-refractivity contribution in [1.29, 1.82) is 0 Å². The van der Waals surface area contributed by atoms with Crippen molar-refractivity contribution in [2.45, 2.75) is 58.5 Å². The topological polar surface area (TPSA) is 18.5 Å². The van der Waals surface area contributed by atoms with Crippen molar-refractivity contribution in [3.05, 3.63) is 0 Å². The average molecular weight is 269 g/mol. The Labute approximate surface area is 120 Å². The molecule has 0 saturated carbocycles. The highest BCUT2D eigenvalue weighted by Gasteiger charge is 2.24. The Hall–Kier alpha value is -0.120. The minimum atomic E-state index is 0.696. The summed E-state index contributed by atoms with van der Waals surface area (Å²) < 4.78 is 0. The average Bonchev–Trinajstić information content (AvgIpc) is 2.36. The molecule has 0 aromatic rings. The van der Waals surface area contributed by atoms with E-state index in [1.165, 1.54) is 45.3 Å². The first-order chi connectivity index (χ1) is 9.02. The monoisotopic (exact) mass is 269 g/mol. The molecule has 0 spiro atoms. The fourth-order valence-corrected chi connectivity index (χ4v) is 2.87. The van der Waals surface area contributed by atoms with E-state index in [1.54, 1.807) is 0 Å². The standard InChI is InChI=1S/C16H35N3/c1-6-9-17-15(8-7-14(2)3)12-16-13-18(4)10-11-19(16)5/h14-17H,6-13H2,1-5H3. The zero-order valence-electron chi connectivity index (χ0n) is 13.8. The van der Waals surface area contributed by atoms with Crippen molar-refractivity contribution in [2.75, 3.05) is 40.3 Å². The van der Waals surface area contributed by atoms with Gasteiger partial charge in [-0.1, -0.05) is 20.8 Å². The van der Waals surface area contributed by atoms with Crippen LogP contribution in [0.2, 0.25) is 0 Å². The third-order valence-corrected chi connectivity index (χ3v) is 4.31. The maximum Gasteiger partial charge on any atom is 0.0235 e. The predicted molar refractivity (Wildman–Crippen MR) is 84.7 cm³/mol. The van der Waals surface area contributed by atoms with Gasteiger partial charge in [0.05, 0.1) is 0 Å². The molecule has 3 heteroatoms. The van der Waals surface area contributed by atoms with Crippen molar-refractivity contribution in [3.8, 4) is 0 Å². The van der Waals surface area contributed by atoms with Crippen LogP contribution in [0, 0.1) is 5.92 Å². The summed E-state index contributed by atoms with van der Waals surface area (Å²) in [7, 11) is 4.54. The first kappa shape index (κ1) is 16.9. The second kappa shape index (κ2) is 8.93. The van der Waals surface area contributed by atoms with Crippen LogP contribution in [0.3, 0.4) is 0 Å². The molecular formula is C16H35N3. The van der Waals surface area contributed by atoms with Gasteiger partial charge in [0, 0.05) is 31.7 Å². The van der Waals surface area contributed by atoms with Gasteiger partial charge in [-0.2, -0.15) is 0 Å². The van der Waals surface area contributed by atoms with Crippen LogP contribution in [-0.4, -0.2) is 62.2 Å². The van der Waals surface area contributed by atoms with E-state index in [0.717, 1.165) is 18.5 Å². The highest BCUT2D eigenvalue weighted by atomic mass is 15.3. The predicted octanol–water partition coefficient (Wildman–Crippen LogP) is 2.43. The van der Waals surface area contributed by atoms with Gasteiger partial charge in [-0.25, -0.2) is 0 Å². The molecule has 1 aliphatic heterocycles. The van der Waals surface area contributed by atoms with Gasteiger partial charge in [-0.05, 0) is 52.2 Å². The zero-order chi connectivity index (χ0) is 14.3. The fraction of sp³-hybridized carbons (Fsp3) is 1.00. The van der Waals surface area contributed by atoms with Gasteiger partial charge in [-0.15, -0.1) is 0 Å². The van der Waals surface area contributed by atoms with E-state index < -0.39 is 0 Å². The summed E-state index contributed by atoms with van der Waals surface area (Å²) >= 11 is 0. The van der Waals surface area contributed by atoms with E-state index in [1.807, 2.05) is 0 Å². The van der Waals surface area contributed by atoms with Gasteiger partial charge >= 0.3 is 0 Å². The molecule has 19 heavy (non-hydrogen) atoms. The lowest BCUT2D eigenvalue weighted by Crippen LogP contribution is -2.52. The number of nitrogens with one attached hydrogen (secondary N) is 1. The molecule has 0 bridgehead atoms. The lowest BCUT2D eigenvalue weighted by Gasteiger charge is -2.39. The number of likely N-dealkylation sites (N-methyl/N-ethyl adjacent to an activating group) is 2. The fourth-order valence-electron chi connectivity index (χ4n) is 2.87. The van der Waals surface area contributed by atoms with Crippen LogP contribution >= 0.6 is 0 Å². The Bertz CT molecular complexity index is 230. The molecule has 114 valence electrons. The van der Waals surface area contributed by atoms with Crippen LogP contribution in [0.5, 0.6) is 0 Å². The number of nitrogens with zero attached hydrogens (tertiary/aromatic N) is 2. The van der Waals surface area contributed by atoms with E-state index in [2.05, 4.69) is 50.0 Å². The van der Waals surface area contributed by atoms with E-state index in [9.17, 15) is 0 Å². The van der Waals surface area contributed by atoms with Crippen LogP contribution in [0.1, 0.15) is 46.5 Å². The van der Waals surface area contributed by atoms with E-state index in [4.69, 9.17) is 0 Å². The molecule has 0 aliphatic carbocycles. The minimum absolute atomic E-state index is 0.696. The zero-order valence-corrected chi connectivity index (χ0v) is 13.8. The van der Waals surface area contributed by atoms with Crippen LogP contribution < -0.4 is 5.32 Å². The van der Waals surface area contributed by atoms with E-state index >= 15 is 0 Å². The molecule has 2 unspecified atom stereocenters. The third-order valence-electron chi connectivity index (χ3n) is 4.31. The van der Waals surface area contributed by atoms with Gasteiger partial charge in [0.15, 0.2) is 0 Å². The van der Waals surface area contributed by atoms with Gasteiger partial charge in [0.1, 0.15) is 0 Å². The van der Waals surface area contributed by atoms with Crippen molar-refractivity contribution in [1.82, 2.24) is 15.1 Å². The smallest absolute Gasteiger partial charge is 0.0235 e. The van der Waals surface area contributed by atoms with Crippen LogP contribution in [0.4, 0.5) is 0 Å². The number of hydrogen-bond acceptors (Lipinski definition) is 3. The summed E-state index contributed by atoms with van der Waals surface area (Å²) in [5.41, 5.74) is 0. The minimum Gasteiger partial charge on any atom is -0.314 e. The molecule has 1 aliphatic rings. The normalized spacial score (nSPS) is 24.0. The van der Waals surface area contributed by atoms with Crippen molar-refractivity contribution in [2.24, 2.45) is 5.92 Å². The van der Waals surface area contributed by atoms with Gasteiger partial charge in [0.2, 0.25) is 0 Å². The molecule has 0 aromatic carbocycles. The number of piperazine rings is 1. The Balaban J connectivity index is 2.44. The van der Waals surface area contributed by atoms with Crippen LogP contribution in [0.25, 0.3) is 0 Å². The molecular weight excluding hydrogens is 234 g/mol. The third kappa shape index (κ3) is 6.73. The summed E-state index contributed by atoms with van der Waals surface area (Å²) in [6.45, 7) is 11.7. The first-order valence-corrected chi connectivity index (χ1v) is 8.15. The van der Waals surface area contributed by atoms with Crippen molar-refractivity contribution in [3.63, 3.8) is 0 Å². The molecule has 3 nitrogen and oxygen atoms in total. The summed E-state index contributed by atoms with van der Waals surface area (Å²) in [6, 6.07) is 1.42. The molecule has 1 fully saturated rings. The Morgan fingerprint density at radius 2 is 1.89 bits per heavy atom. The largest absolute Gasteiger partial charge is 0.314 e. The summed E-state index contributed by atoms with van der Waals surface area (Å²) in [5.74, 6) is 0.817. The van der Waals surface area contributed by atoms with Crippen molar-refractivity contribution >= 4 is 0 Å². The van der Waals surface area contributed by atoms with E-state index in [-0.39, 0.29) is 0 Å². The molecule has 1 heterocycles. The lowest BCUT2D eigenvalue weighted by molar-refractivity contribution is 0.0995. The Morgan fingerprint density at radius 3 is 2.53 bits per heavy atom. The molecule has 0 amide bonds. The molecule has 0 radical (unpaired) electrons. The van der Waals surface area contributed by atoms with Crippen LogP contribution in [0.15, 0.2) is 0 Å². The highest BCUT2D eigenvalue weighted by molar-refractivity contribution is 4.83. The second-order valence-electron chi connectivity index (χ2n) is 6.75. The van der Waals surface area contributed by atoms with Crippen LogP contribution in [-0.2, 0) is 0 Å². The van der Waals surface area contributed by atoms with Gasteiger partial charge in [-0.3, -0.25) is 0 Å². The summed E-state index contributed by atoms with van der Waals surface area (Å²) in [5, 5.41) is 3.76. The summed E-state index contributed by atoms with van der Waals surface area (Å²) in [4.78, 5) is 5.03. The molecule has 1 saturated heterocycles. The molecule has 1 N–H and O–H groups in total. The molecule has 1 rings (SSSR count).